The van der Waals surface area contributed by atoms with E-state index in [0.29, 0.717) is 24.5 Å². The van der Waals surface area contributed by atoms with Gasteiger partial charge in [-0.25, -0.2) is 4.98 Å². The zero-order chi connectivity index (χ0) is 16.5. The molecule has 24 heavy (non-hydrogen) atoms. The Morgan fingerprint density at radius 2 is 2.38 bits per heavy atom. The highest BCUT2D eigenvalue weighted by atomic mass is 16.5. The lowest BCUT2D eigenvalue weighted by Crippen LogP contribution is -2.45. The smallest absolute Gasteiger partial charge is 0.251 e. The molecule has 2 atom stereocenters. The Labute approximate surface area is 137 Å². The molecule has 1 saturated heterocycles. The van der Waals surface area contributed by atoms with Crippen molar-refractivity contribution in [2.24, 2.45) is 0 Å². The molecule has 0 radical (unpaired) electrons. The minimum Gasteiger partial charge on any atom is -0.482 e. The van der Waals surface area contributed by atoms with Crippen molar-refractivity contribution in [3.8, 4) is 5.75 Å². The van der Waals surface area contributed by atoms with Crippen LogP contribution in [0.5, 0.6) is 5.75 Å². The lowest BCUT2D eigenvalue weighted by atomic mass is 10.2. The molecule has 0 saturated carbocycles. The number of H-pyrrole nitrogens is 1. The van der Waals surface area contributed by atoms with Gasteiger partial charge < -0.3 is 19.2 Å². The maximum atomic E-state index is 12.5. The third-order valence-corrected chi connectivity index (χ3v) is 4.07. The number of aromatic nitrogens is 4. The summed E-state index contributed by atoms with van der Waals surface area (Å²) in [5.74, 6) is 0.452. The minimum absolute atomic E-state index is 0.172. The predicted octanol–water partition coefficient (Wildman–Crippen LogP) is 0.942. The molecule has 4 heterocycles. The van der Waals surface area contributed by atoms with E-state index in [-0.39, 0.29) is 18.1 Å². The number of nitrogens with zero attached hydrogens (tertiary/aromatic N) is 3. The molecule has 1 aliphatic heterocycles. The number of rotatable bonds is 4. The van der Waals surface area contributed by atoms with E-state index < -0.39 is 0 Å². The highest BCUT2D eigenvalue weighted by Gasteiger charge is 2.32. The highest BCUT2D eigenvalue weighted by Crippen LogP contribution is 2.16. The molecule has 3 aromatic rings. The number of pyridine rings is 1. The molecular formula is C16H17N5O3. The molecule has 2 N–H and O–H groups in total. The van der Waals surface area contributed by atoms with Crippen molar-refractivity contribution in [3.63, 3.8) is 0 Å². The second-order valence-corrected chi connectivity index (χ2v) is 5.75. The summed E-state index contributed by atoms with van der Waals surface area (Å²) < 4.78 is 13.2. The van der Waals surface area contributed by atoms with E-state index >= 15 is 0 Å². The van der Waals surface area contributed by atoms with Crippen LogP contribution >= 0.6 is 0 Å². The molecule has 4 rings (SSSR count). The van der Waals surface area contributed by atoms with Gasteiger partial charge in [0.1, 0.15) is 11.8 Å². The Bertz CT molecular complexity index is 858. The van der Waals surface area contributed by atoms with Crippen LogP contribution in [0.15, 0.2) is 36.9 Å². The van der Waals surface area contributed by atoms with Gasteiger partial charge in [-0.15, -0.1) is 0 Å². The maximum absolute atomic E-state index is 12.5. The van der Waals surface area contributed by atoms with Crippen molar-refractivity contribution in [3.05, 3.63) is 48.2 Å². The molecule has 0 aromatic carbocycles. The van der Waals surface area contributed by atoms with Gasteiger partial charge >= 0.3 is 0 Å². The van der Waals surface area contributed by atoms with Crippen molar-refractivity contribution < 1.29 is 14.3 Å². The normalized spacial score (nSPS) is 20.4. The first-order valence-electron chi connectivity index (χ1n) is 7.68. The minimum atomic E-state index is -0.246. The third kappa shape index (κ3) is 2.71. The van der Waals surface area contributed by atoms with Gasteiger partial charge in [-0.05, 0) is 19.1 Å². The number of carbonyl (C=O) groups excluding carboxylic acids is 1. The number of amides is 1. The molecule has 0 unspecified atom stereocenters. The Hall–Kier alpha value is -2.87. The van der Waals surface area contributed by atoms with E-state index in [0.717, 1.165) is 11.3 Å². The average Bonchev–Trinajstić information content (AvgIpc) is 3.31. The van der Waals surface area contributed by atoms with Crippen molar-refractivity contribution in [1.29, 1.82) is 0 Å². The van der Waals surface area contributed by atoms with Crippen LogP contribution in [0.1, 0.15) is 16.1 Å². The summed E-state index contributed by atoms with van der Waals surface area (Å²) in [5.41, 5.74) is 2.32. The first-order chi connectivity index (χ1) is 11.7. The Balaban J connectivity index is 1.47. The van der Waals surface area contributed by atoms with Crippen LogP contribution in [0.25, 0.3) is 5.65 Å². The first kappa shape index (κ1) is 14.7. The van der Waals surface area contributed by atoms with E-state index in [2.05, 4.69) is 20.5 Å². The molecule has 1 aliphatic rings. The Kier molecular flexibility index (Phi) is 3.66. The lowest BCUT2D eigenvalue weighted by Gasteiger charge is -2.19. The zero-order valence-corrected chi connectivity index (χ0v) is 13.1. The molecule has 1 amide bonds. The number of hydrogen-bond acceptors (Lipinski definition) is 5. The topological polar surface area (TPSA) is 93.5 Å². The van der Waals surface area contributed by atoms with Crippen LogP contribution in [0, 0.1) is 6.92 Å². The lowest BCUT2D eigenvalue weighted by molar-refractivity contribution is 0.0904. The van der Waals surface area contributed by atoms with Crippen LogP contribution in [-0.2, 0) is 4.74 Å². The number of carbonyl (C=O) groups is 1. The molecule has 0 spiro atoms. The third-order valence-electron chi connectivity index (χ3n) is 4.07. The summed E-state index contributed by atoms with van der Waals surface area (Å²) in [6.45, 7) is 2.81. The quantitative estimate of drug-likeness (QED) is 0.744. The van der Waals surface area contributed by atoms with E-state index in [1.165, 1.54) is 0 Å². The number of nitrogens with one attached hydrogen (secondary N) is 2. The number of imidazole rings is 1. The molecule has 8 heteroatoms. The predicted molar refractivity (Wildman–Crippen MR) is 85.0 cm³/mol. The van der Waals surface area contributed by atoms with Crippen molar-refractivity contribution in [1.82, 2.24) is 24.9 Å². The number of aromatic amines is 1. The largest absolute Gasteiger partial charge is 0.482 e. The molecule has 124 valence electrons. The highest BCUT2D eigenvalue weighted by molar-refractivity contribution is 5.95. The van der Waals surface area contributed by atoms with Crippen LogP contribution < -0.4 is 10.1 Å². The number of aryl methyl sites for hydroxylation is 1. The van der Waals surface area contributed by atoms with E-state index in [1.54, 1.807) is 30.7 Å². The molecule has 0 bridgehead atoms. The van der Waals surface area contributed by atoms with Gasteiger partial charge in [-0.1, -0.05) is 0 Å². The fourth-order valence-electron chi connectivity index (χ4n) is 2.76. The maximum Gasteiger partial charge on any atom is 0.251 e. The summed E-state index contributed by atoms with van der Waals surface area (Å²) >= 11 is 0. The van der Waals surface area contributed by atoms with Crippen LogP contribution in [0.3, 0.4) is 0 Å². The van der Waals surface area contributed by atoms with E-state index in [1.807, 2.05) is 17.5 Å². The summed E-state index contributed by atoms with van der Waals surface area (Å²) in [4.78, 5) is 16.8. The van der Waals surface area contributed by atoms with Crippen LogP contribution in [0.2, 0.25) is 0 Å². The van der Waals surface area contributed by atoms with Gasteiger partial charge in [0, 0.05) is 23.7 Å². The van der Waals surface area contributed by atoms with Crippen LogP contribution in [-0.4, -0.2) is 50.8 Å². The Morgan fingerprint density at radius 3 is 3.21 bits per heavy atom. The standard InChI is InChI=1S/C16H17N5O3/c1-10-5-17-15-4-11(2-3-21(10)15)16(22)20-13-8-23-9-14(13)24-12-6-18-19-7-12/h2-7,13-14H,8-9H2,1H3,(H,18,19)(H,20,22)/t13-,14+/m0/s1. The van der Waals surface area contributed by atoms with E-state index in [4.69, 9.17) is 9.47 Å². The average molecular weight is 327 g/mol. The number of fused-ring (bicyclic) bond motifs is 1. The first-order valence-corrected chi connectivity index (χ1v) is 7.68. The van der Waals surface area contributed by atoms with Gasteiger partial charge in [0.15, 0.2) is 5.75 Å². The van der Waals surface area contributed by atoms with Crippen molar-refractivity contribution in [2.75, 3.05) is 13.2 Å². The summed E-state index contributed by atoms with van der Waals surface area (Å²) in [5, 5.41) is 9.51. The van der Waals surface area contributed by atoms with Crippen molar-refractivity contribution >= 4 is 11.6 Å². The molecule has 0 aliphatic carbocycles. The van der Waals surface area contributed by atoms with Gasteiger partial charge in [-0.3, -0.25) is 9.89 Å². The van der Waals surface area contributed by atoms with E-state index in [9.17, 15) is 4.79 Å². The van der Waals surface area contributed by atoms with Gasteiger partial charge in [0.25, 0.3) is 5.91 Å². The molecule has 1 fully saturated rings. The van der Waals surface area contributed by atoms with Crippen molar-refractivity contribution in [2.45, 2.75) is 19.1 Å². The second kappa shape index (κ2) is 5.97. The second-order valence-electron chi connectivity index (χ2n) is 5.75. The summed E-state index contributed by atoms with van der Waals surface area (Å²) in [6, 6.07) is 3.33. The van der Waals surface area contributed by atoms with Crippen LogP contribution in [0.4, 0.5) is 0 Å². The van der Waals surface area contributed by atoms with Gasteiger partial charge in [0.2, 0.25) is 0 Å². The summed E-state index contributed by atoms with van der Waals surface area (Å²) in [7, 11) is 0. The summed E-state index contributed by atoms with van der Waals surface area (Å²) in [6.07, 6.45) is 6.62. The fourth-order valence-corrected chi connectivity index (χ4v) is 2.76. The Morgan fingerprint density at radius 1 is 1.46 bits per heavy atom. The van der Waals surface area contributed by atoms with Gasteiger partial charge in [-0.2, -0.15) is 5.10 Å². The SMILES string of the molecule is Cc1cnc2cc(C(=O)N[C@H]3COC[C@H]3Oc3cn[nH]c3)ccn12. The van der Waals surface area contributed by atoms with Gasteiger partial charge in [0.05, 0.1) is 31.6 Å². The number of ether oxygens (including phenoxy) is 2. The number of hydrogen-bond donors (Lipinski definition) is 2. The monoisotopic (exact) mass is 327 g/mol. The molecule has 8 nitrogen and oxygen atoms in total. The molecular weight excluding hydrogens is 310 g/mol. The zero-order valence-electron chi connectivity index (χ0n) is 13.1. The molecule has 3 aromatic heterocycles. The fraction of sp³-hybridized carbons (Fsp3) is 0.312.